The summed E-state index contributed by atoms with van der Waals surface area (Å²) in [6, 6.07) is 20.9. The normalized spacial score (nSPS) is 19.5. The van der Waals surface area contributed by atoms with Gasteiger partial charge in [-0.15, -0.1) is 0 Å². The fourth-order valence-electron chi connectivity index (χ4n) is 4.50. The summed E-state index contributed by atoms with van der Waals surface area (Å²) < 4.78 is 0. The van der Waals surface area contributed by atoms with Crippen LogP contribution in [0.3, 0.4) is 0 Å². The number of nitrogens with zero attached hydrogens (tertiary/aromatic N) is 4. The van der Waals surface area contributed by atoms with Crippen molar-refractivity contribution in [2.45, 2.75) is 25.3 Å². The van der Waals surface area contributed by atoms with E-state index in [0.29, 0.717) is 12.0 Å². The third-order valence-electron chi connectivity index (χ3n) is 6.20. The Bertz CT molecular complexity index is 1010. The van der Waals surface area contributed by atoms with Crippen LogP contribution in [0.15, 0.2) is 66.9 Å². The van der Waals surface area contributed by atoms with Crippen LogP contribution in [0.1, 0.15) is 39.5 Å². The zero-order valence-electron chi connectivity index (χ0n) is 17.1. The van der Waals surface area contributed by atoms with E-state index < -0.39 is 0 Å². The second-order valence-corrected chi connectivity index (χ2v) is 8.22. The number of ketones is 1. The van der Waals surface area contributed by atoms with Crippen molar-refractivity contribution in [2.75, 3.05) is 31.1 Å². The first-order valence-electron chi connectivity index (χ1n) is 10.7. The van der Waals surface area contributed by atoms with Gasteiger partial charge in [-0.3, -0.25) is 9.69 Å². The molecule has 0 amide bonds. The van der Waals surface area contributed by atoms with Gasteiger partial charge in [0.1, 0.15) is 0 Å². The van der Waals surface area contributed by atoms with Gasteiger partial charge in [-0.05, 0) is 23.5 Å². The van der Waals surface area contributed by atoms with E-state index >= 15 is 0 Å². The number of hydrogen-bond donors (Lipinski definition) is 0. The lowest BCUT2D eigenvalue weighted by Crippen LogP contribution is -2.46. The van der Waals surface area contributed by atoms with E-state index in [9.17, 15) is 4.79 Å². The van der Waals surface area contributed by atoms with E-state index in [1.165, 1.54) is 11.1 Å². The molecule has 5 nitrogen and oxygen atoms in total. The monoisotopic (exact) mass is 398 g/mol. The van der Waals surface area contributed by atoms with Crippen LogP contribution in [-0.4, -0.2) is 46.8 Å². The van der Waals surface area contributed by atoms with Gasteiger partial charge in [0, 0.05) is 45.3 Å². The molecule has 0 radical (unpaired) electrons. The second-order valence-electron chi connectivity index (χ2n) is 8.22. The molecule has 1 saturated heterocycles. The summed E-state index contributed by atoms with van der Waals surface area (Å²) in [4.78, 5) is 26.8. The minimum atomic E-state index is 0.157. The second kappa shape index (κ2) is 8.36. The van der Waals surface area contributed by atoms with Gasteiger partial charge in [0.05, 0.1) is 11.3 Å². The van der Waals surface area contributed by atoms with Gasteiger partial charge in [-0.25, -0.2) is 9.97 Å². The maximum atomic E-state index is 12.7. The molecule has 1 unspecified atom stereocenters. The van der Waals surface area contributed by atoms with E-state index in [2.05, 4.69) is 57.2 Å². The molecule has 2 heterocycles. The number of hydrogen-bond acceptors (Lipinski definition) is 5. The van der Waals surface area contributed by atoms with Crippen LogP contribution in [0.5, 0.6) is 0 Å². The molecule has 3 aromatic rings. The van der Waals surface area contributed by atoms with Crippen molar-refractivity contribution in [3.05, 3.63) is 89.2 Å². The molecule has 5 heteroatoms. The average Bonchev–Trinajstić information content (AvgIpc) is 2.80. The minimum Gasteiger partial charge on any atom is -0.338 e. The highest BCUT2D eigenvalue weighted by molar-refractivity contribution is 5.98. The molecule has 0 saturated carbocycles. The molecule has 5 rings (SSSR count). The molecule has 1 aliphatic carbocycles. The molecular weight excluding hydrogens is 372 g/mol. The zero-order valence-corrected chi connectivity index (χ0v) is 17.1. The summed E-state index contributed by atoms with van der Waals surface area (Å²) >= 11 is 0. The summed E-state index contributed by atoms with van der Waals surface area (Å²) in [5, 5.41) is 0. The Morgan fingerprint density at radius 1 is 0.867 bits per heavy atom. The lowest BCUT2D eigenvalue weighted by molar-refractivity contribution is 0.0962. The number of aromatic nitrogens is 2. The SMILES string of the molecule is O=C1CC(c2ccccc2)Cc2nc(N3CCN(Cc4ccccc4)CC3)ncc21. The average molecular weight is 399 g/mol. The fourth-order valence-corrected chi connectivity index (χ4v) is 4.50. The molecule has 1 aliphatic heterocycles. The van der Waals surface area contributed by atoms with Crippen molar-refractivity contribution in [1.82, 2.24) is 14.9 Å². The van der Waals surface area contributed by atoms with Gasteiger partial charge in [-0.2, -0.15) is 0 Å². The molecule has 1 fully saturated rings. The van der Waals surface area contributed by atoms with E-state index in [1.54, 1.807) is 6.20 Å². The topological polar surface area (TPSA) is 49.3 Å². The molecule has 1 atom stereocenters. The highest BCUT2D eigenvalue weighted by Crippen LogP contribution is 2.32. The number of benzene rings is 2. The molecule has 152 valence electrons. The largest absolute Gasteiger partial charge is 0.338 e. The van der Waals surface area contributed by atoms with Crippen LogP contribution in [0, 0.1) is 0 Å². The Balaban J connectivity index is 1.27. The summed E-state index contributed by atoms with van der Waals surface area (Å²) in [6.45, 7) is 4.76. The number of rotatable bonds is 4. The number of carbonyl (C=O) groups excluding carboxylic acids is 1. The van der Waals surface area contributed by atoms with Crippen molar-refractivity contribution < 1.29 is 4.79 Å². The van der Waals surface area contributed by atoms with Crippen LogP contribution in [-0.2, 0) is 13.0 Å². The molecule has 0 spiro atoms. The number of anilines is 1. The van der Waals surface area contributed by atoms with Gasteiger partial charge in [0.2, 0.25) is 5.95 Å². The van der Waals surface area contributed by atoms with Crippen molar-refractivity contribution in [3.63, 3.8) is 0 Å². The number of piperazine rings is 1. The third-order valence-corrected chi connectivity index (χ3v) is 6.20. The summed E-state index contributed by atoms with van der Waals surface area (Å²) in [6.07, 6.45) is 3.09. The standard InChI is InChI=1S/C25H26N4O/c30-24-16-21(20-9-5-2-6-10-20)15-23-22(24)17-26-25(27-23)29-13-11-28(12-14-29)18-19-7-3-1-4-8-19/h1-10,17,21H,11-16,18H2. The van der Waals surface area contributed by atoms with Crippen LogP contribution in [0.4, 0.5) is 5.95 Å². The Morgan fingerprint density at radius 2 is 1.57 bits per heavy atom. The Morgan fingerprint density at radius 3 is 2.30 bits per heavy atom. The van der Waals surface area contributed by atoms with Crippen LogP contribution in [0.25, 0.3) is 0 Å². The number of Topliss-reactive ketones (excluding diaryl/α,β-unsaturated/α-hetero) is 1. The first-order valence-corrected chi connectivity index (χ1v) is 10.7. The fraction of sp³-hybridized carbons (Fsp3) is 0.320. The van der Waals surface area contributed by atoms with Crippen LogP contribution >= 0.6 is 0 Å². The molecule has 0 N–H and O–H groups in total. The van der Waals surface area contributed by atoms with Gasteiger partial charge in [0.15, 0.2) is 5.78 Å². The van der Waals surface area contributed by atoms with Gasteiger partial charge < -0.3 is 4.90 Å². The highest BCUT2D eigenvalue weighted by Gasteiger charge is 2.29. The lowest BCUT2D eigenvalue weighted by atomic mass is 9.82. The van der Waals surface area contributed by atoms with Crippen LogP contribution in [0.2, 0.25) is 0 Å². The van der Waals surface area contributed by atoms with E-state index in [0.717, 1.165) is 50.8 Å². The molecule has 1 aromatic heterocycles. The Labute approximate surface area is 177 Å². The van der Waals surface area contributed by atoms with E-state index in [1.807, 2.05) is 18.2 Å². The van der Waals surface area contributed by atoms with Crippen molar-refractivity contribution in [3.8, 4) is 0 Å². The quantitative estimate of drug-likeness (QED) is 0.671. The minimum absolute atomic E-state index is 0.157. The molecule has 2 aromatic carbocycles. The van der Waals surface area contributed by atoms with Gasteiger partial charge in [-0.1, -0.05) is 60.7 Å². The first-order chi connectivity index (χ1) is 14.8. The lowest BCUT2D eigenvalue weighted by Gasteiger charge is -2.35. The molecule has 2 aliphatic rings. The molecule has 0 bridgehead atoms. The predicted molar refractivity (Wildman–Crippen MR) is 118 cm³/mol. The highest BCUT2D eigenvalue weighted by atomic mass is 16.1. The Kier molecular flexibility index (Phi) is 5.28. The number of carbonyl (C=O) groups is 1. The predicted octanol–water partition coefficient (Wildman–Crippen LogP) is 3.71. The van der Waals surface area contributed by atoms with Gasteiger partial charge >= 0.3 is 0 Å². The van der Waals surface area contributed by atoms with Crippen molar-refractivity contribution >= 4 is 11.7 Å². The molecular formula is C25H26N4O. The number of fused-ring (bicyclic) bond motifs is 1. The van der Waals surface area contributed by atoms with Crippen molar-refractivity contribution in [1.29, 1.82) is 0 Å². The molecule has 30 heavy (non-hydrogen) atoms. The maximum Gasteiger partial charge on any atom is 0.225 e. The third kappa shape index (κ3) is 3.98. The van der Waals surface area contributed by atoms with E-state index in [-0.39, 0.29) is 11.7 Å². The summed E-state index contributed by atoms with van der Waals surface area (Å²) in [7, 11) is 0. The van der Waals surface area contributed by atoms with Crippen LogP contribution < -0.4 is 4.90 Å². The summed E-state index contributed by atoms with van der Waals surface area (Å²) in [5.41, 5.74) is 4.16. The first kappa shape index (κ1) is 18.9. The van der Waals surface area contributed by atoms with Crippen molar-refractivity contribution in [2.24, 2.45) is 0 Å². The smallest absolute Gasteiger partial charge is 0.225 e. The van der Waals surface area contributed by atoms with Gasteiger partial charge in [0.25, 0.3) is 0 Å². The maximum absolute atomic E-state index is 12.7. The zero-order chi connectivity index (χ0) is 20.3. The summed E-state index contributed by atoms with van der Waals surface area (Å²) in [5.74, 6) is 1.12. The van der Waals surface area contributed by atoms with E-state index in [4.69, 9.17) is 4.98 Å². The Hall–Kier alpha value is -3.05.